The Labute approximate surface area is 224 Å². The van der Waals surface area contributed by atoms with Gasteiger partial charge in [0.1, 0.15) is 0 Å². The monoisotopic (exact) mass is 559 g/mol. The number of carbonyl (C=O) groups is 1. The molecule has 0 aliphatic heterocycles. The number of carboxylic acid groups (broad SMARTS) is 2. The van der Waals surface area contributed by atoms with Gasteiger partial charge in [-0.2, -0.15) is 0 Å². The number of carbonyl (C=O) groups excluding carboxylic acids is 1. The maximum Gasteiger partial charge on any atom is 3.00 e. The first-order chi connectivity index (χ1) is 17.4. The van der Waals surface area contributed by atoms with E-state index in [-0.39, 0.29) is 22.3 Å². The predicted molar refractivity (Wildman–Crippen MR) is 133 cm³/mol. The molecule has 4 heterocycles. The molecular weight excluding hydrogens is 541 g/mol. The van der Waals surface area contributed by atoms with Crippen LogP contribution < -0.4 is 10.2 Å². The van der Waals surface area contributed by atoms with Gasteiger partial charge in [-0.25, -0.2) is 0 Å². The van der Waals surface area contributed by atoms with Crippen LogP contribution in [0.1, 0.15) is 0 Å². The van der Waals surface area contributed by atoms with Crippen molar-refractivity contribution in [1.29, 1.82) is 0 Å². The van der Waals surface area contributed by atoms with Gasteiger partial charge in [0.2, 0.25) is 0 Å². The van der Waals surface area contributed by atoms with Crippen molar-refractivity contribution in [3.63, 3.8) is 0 Å². The van der Waals surface area contributed by atoms with Crippen LogP contribution >= 0.6 is 0 Å². The number of aromatic nitrogens is 4. The second-order valence-corrected chi connectivity index (χ2v) is 6.91. The largest absolute Gasteiger partial charge is 3.00 e. The van der Waals surface area contributed by atoms with E-state index >= 15 is 0 Å². The molecule has 0 atom stereocenters. The fourth-order valence-corrected chi connectivity index (χ4v) is 3.36. The minimum absolute atomic E-state index is 0. The van der Waals surface area contributed by atoms with E-state index < -0.39 is 11.2 Å². The van der Waals surface area contributed by atoms with Crippen molar-refractivity contribution in [2.75, 3.05) is 0 Å². The van der Waals surface area contributed by atoms with E-state index in [2.05, 4.69) is 68.5 Å². The van der Waals surface area contributed by atoms with E-state index in [9.17, 15) is 0 Å². The molecule has 0 saturated carbocycles. The first-order valence-corrected chi connectivity index (χ1v) is 10.2. The number of benzene rings is 2. The molecule has 4 aromatic heterocycles. The number of pyridine rings is 4. The molecule has 2 N–H and O–H groups in total. The van der Waals surface area contributed by atoms with Gasteiger partial charge in [0, 0.05) is 46.3 Å². The van der Waals surface area contributed by atoms with Gasteiger partial charge in [-0.3, -0.25) is 19.9 Å². The molecule has 0 aliphatic rings. The zero-order chi connectivity index (χ0) is 25.9. The molecule has 12 nitrogen and oxygen atoms in total. The average Bonchev–Trinajstić information content (AvgIpc) is 2.88. The first-order valence-electron chi connectivity index (χ1n) is 10.2. The van der Waals surface area contributed by atoms with Gasteiger partial charge in [-0.05, 0) is 30.4 Å². The van der Waals surface area contributed by atoms with Crippen LogP contribution in [0, 0.1) is 15.3 Å². The molecule has 13 heteroatoms. The second-order valence-electron chi connectivity index (χ2n) is 6.91. The minimum atomic E-state index is -2.33. The first kappa shape index (κ1) is 31.0. The zero-order valence-electron chi connectivity index (χ0n) is 19.3. The molecule has 0 bridgehead atoms. The van der Waals surface area contributed by atoms with Crippen LogP contribution in [0.3, 0.4) is 0 Å². The van der Waals surface area contributed by atoms with E-state index in [0.29, 0.717) is 0 Å². The minimum Gasteiger partial charge on any atom is -0.652 e. The molecule has 2 aromatic carbocycles. The third-order valence-corrected chi connectivity index (χ3v) is 4.69. The van der Waals surface area contributed by atoms with Crippen LogP contribution in [0.2, 0.25) is 0 Å². The van der Waals surface area contributed by atoms with Gasteiger partial charge in [-0.1, -0.05) is 48.5 Å². The smallest absolute Gasteiger partial charge is 0.652 e. The number of hydrogen-bond donors (Lipinski definition) is 0. The van der Waals surface area contributed by atoms with Crippen LogP contribution in [0.5, 0.6) is 0 Å². The Hall–Kier alpha value is -4.98. The number of nitrogens with zero attached hydrogens (tertiary/aromatic N) is 5. The Morgan fingerprint density at radius 2 is 0.737 bits per heavy atom. The van der Waals surface area contributed by atoms with E-state index in [1.807, 2.05) is 24.3 Å². The third kappa shape index (κ3) is 8.60. The number of fused-ring (bicyclic) bond motifs is 6. The normalized spacial score (nSPS) is 9.26. The molecule has 0 unspecified atom stereocenters. The second kappa shape index (κ2) is 15.2. The Morgan fingerprint density at radius 1 is 0.553 bits per heavy atom. The predicted octanol–water partition coefficient (Wildman–Crippen LogP) is 2.05. The average molecular weight is 559 g/mol. The fourth-order valence-electron chi connectivity index (χ4n) is 3.36. The van der Waals surface area contributed by atoms with Crippen LogP contribution in [0.4, 0.5) is 4.79 Å². The summed E-state index contributed by atoms with van der Waals surface area (Å²) in [5, 5.41) is 36.0. The summed E-state index contributed by atoms with van der Waals surface area (Å²) in [6.45, 7) is 0. The van der Waals surface area contributed by atoms with Crippen LogP contribution in [0.25, 0.3) is 43.6 Å². The molecular formula is C25H18CoN5O7. The summed E-state index contributed by atoms with van der Waals surface area (Å²) in [5.41, 5.74) is 3.91. The van der Waals surface area contributed by atoms with Gasteiger partial charge < -0.3 is 35.8 Å². The van der Waals surface area contributed by atoms with Gasteiger partial charge in [0.25, 0.3) is 0 Å². The zero-order valence-corrected chi connectivity index (χ0v) is 20.3. The molecule has 0 aliphatic carbocycles. The molecule has 0 amide bonds. The van der Waals surface area contributed by atoms with Crippen molar-refractivity contribution in [3.05, 3.63) is 113 Å². The van der Waals surface area contributed by atoms with Crippen molar-refractivity contribution >= 4 is 49.8 Å². The summed E-state index contributed by atoms with van der Waals surface area (Å²) in [6, 6.07) is 24.3. The Kier molecular flexibility index (Phi) is 12.4. The summed E-state index contributed by atoms with van der Waals surface area (Å²) < 4.78 is 0. The quantitative estimate of drug-likeness (QED) is 0.150. The van der Waals surface area contributed by atoms with Crippen LogP contribution in [-0.2, 0) is 16.8 Å². The molecule has 0 saturated heterocycles. The molecule has 0 fully saturated rings. The molecule has 6 aromatic rings. The van der Waals surface area contributed by atoms with Gasteiger partial charge in [0.05, 0.1) is 27.2 Å². The van der Waals surface area contributed by atoms with Crippen molar-refractivity contribution in [3.8, 4) is 0 Å². The van der Waals surface area contributed by atoms with E-state index in [0.717, 1.165) is 43.6 Å². The summed E-state index contributed by atoms with van der Waals surface area (Å²) in [4.78, 5) is 34.0. The SMILES string of the molecule is O.O=C([O-])[O-].O=[N+]([O-])[O-].[Co+3].c1cnc2c(c1)ccc1cccnc12.c1cnc2c(c1)ccc1cccnc12. The van der Waals surface area contributed by atoms with Crippen LogP contribution in [0.15, 0.2) is 97.6 Å². The van der Waals surface area contributed by atoms with Gasteiger partial charge >= 0.3 is 16.8 Å². The molecule has 194 valence electrons. The van der Waals surface area contributed by atoms with Crippen LogP contribution in [-0.4, -0.2) is 36.7 Å². The van der Waals surface area contributed by atoms with Crippen molar-refractivity contribution < 1.29 is 42.3 Å². The fraction of sp³-hybridized carbons (Fsp3) is 0. The topological polar surface area (TPSA) is 212 Å². The third-order valence-electron chi connectivity index (χ3n) is 4.69. The maximum absolute atomic E-state index is 8.33. The summed E-state index contributed by atoms with van der Waals surface area (Å²) in [7, 11) is 0. The Balaban J connectivity index is 0.000000287. The maximum atomic E-state index is 8.33. The molecule has 6 rings (SSSR count). The van der Waals surface area contributed by atoms with Gasteiger partial charge in [-0.15, -0.1) is 0 Å². The Bertz CT molecular complexity index is 1410. The molecule has 38 heavy (non-hydrogen) atoms. The summed E-state index contributed by atoms with van der Waals surface area (Å²) >= 11 is 0. The molecule has 0 radical (unpaired) electrons. The summed E-state index contributed by atoms with van der Waals surface area (Å²) in [6.07, 6.45) is 4.87. The van der Waals surface area contributed by atoms with Crippen molar-refractivity contribution in [1.82, 2.24) is 19.9 Å². The van der Waals surface area contributed by atoms with E-state index in [1.54, 1.807) is 24.8 Å². The van der Waals surface area contributed by atoms with Gasteiger partial charge in [0.15, 0.2) is 0 Å². The standard InChI is InChI=1S/2C12H8N2.CH2O3.Co.NO3.H2O/c2*1-3-9-5-6-10-4-2-8-14-12(10)11(9)13-7-1;2-1(3)4;;2-1(3)4;/h2*1-8H;(H2,2,3,4);;;1H2/q;;;+3;-1;/p-2. The van der Waals surface area contributed by atoms with E-state index in [1.165, 1.54) is 0 Å². The van der Waals surface area contributed by atoms with Crippen molar-refractivity contribution in [2.45, 2.75) is 0 Å². The molecule has 0 spiro atoms. The Morgan fingerprint density at radius 3 is 0.921 bits per heavy atom. The van der Waals surface area contributed by atoms with Crippen molar-refractivity contribution in [2.24, 2.45) is 0 Å². The van der Waals surface area contributed by atoms with E-state index in [4.69, 9.17) is 30.3 Å². The number of hydrogen-bond acceptors (Lipinski definition) is 10. The summed E-state index contributed by atoms with van der Waals surface area (Å²) in [5.74, 6) is 0. The number of rotatable bonds is 0.